The van der Waals surface area contributed by atoms with Gasteiger partial charge < -0.3 is 15.3 Å². The second-order valence-corrected chi connectivity index (χ2v) is 6.23. The van der Waals surface area contributed by atoms with Gasteiger partial charge in [0, 0.05) is 10.2 Å². The molecule has 1 aromatic rings. The molecule has 8 heteroatoms. The topological polar surface area (TPSA) is 86.7 Å². The Morgan fingerprint density at radius 2 is 2.10 bits per heavy atom. The zero-order valence-electron chi connectivity index (χ0n) is 10.9. The van der Waals surface area contributed by atoms with Crippen LogP contribution in [0.3, 0.4) is 0 Å². The predicted octanol–water partition coefficient (Wildman–Crippen LogP) is 1.17. The molecule has 1 aliphatic heterocycles. The minimum atomic E-state index is -1.02. The summed E-state index contributed by atoms with van der Waals surface area (Å²) in [6, 6.07) is 6.05. The predicted molar refractivity (Wildman–Crippen MR) is 82.1 cm³/mol. The highest BCUT2D eigenvalue weighted by atomic mass is 79.9. The van der Waals surface area contributed by atoms with Crippen molar-refractivity contribution in [3.63, 3.8) is 0 Å². The molecule has 1 fully saturated rings. The molecule has 0 spiro atoms. The van der Waals surface area contributed by atoms with Gasteiger partial charge in [0.2, 0.25) is 5.91 Å². The largest absolute Gasteiger partial charge is 0.480 e. The Morgan fingerprint density at radius 3 is 2.76 bits per heavy atom. The van der Waals surface area contributed by atoms with Crippen LogP contribution in [0.15, 0.2) is 28.7 Å². The molecule has 2 N–H and O–H groups in total. The first-order valence-corrected chi connectivity index (χ1v) is 8.08. The molecule has 1 aromatic carbocycles. The van der Waals surface area contributed by atoms with Crippen LogP contribution < -0.4 is 5.32 Å². The summed E-state index contributed by atoms with van der Waals surface area (Å²) < 4.78 is 0.634. The number of nitrogens with one attached hydrogen (secondary N) is 1. The molecular weight excluding hydrogens is 360 g/mol. The SMILES string of the molecule is O=C(NCC(=O)N1CSCC1C(=O)O)c1ccccc1Br. The number of aliphatic carboxylic acids is 1. The van der Waals surface area contributed by atoms with Crippen molar-refractivity contribution in [3.05, 3.63) is 34.3 Å². The fraction of sp³-hybridized carbons (Fsp3) is 0.308. The van der Waals surface area contributed by atoms with Crippen LogP contribution in [0.1, 0.15) is 10.4 Å². The number of nitrogens with zero attached hydrogens (tertiary/aromatic N) is 1. The number of carbonyl (C=O) groups excluding carboxylic acids is 2. The molecule has 0 bridgehead atoms. The van der Waals surface area contributed by atoms with E-state index in [1.807, 2.05) is 0 Å². The van der Waals surface area contributed by atoms with Crippen LogP contribution in [0.4, 0.5) is 0 Å². The summed E-state index contributed by atoms with van der Waals surface area (Å²) in [7, 11) is 0. The third-order valence-corrected chi connectivity index (χ3v) is 4.71. The second kappa shape index (κ2) is 6.95. The molecule has 0 aliphatic carbocycles. The summed E-state index contributed by atoms with van der Waals surface area (Å²) in [4.78, 5) is 36.3. The molecule has 21 heavy (non-hydrogen) atoms. The maximum Gasteiger partial charge on any atom is 0.327 e. The zero-order valence-corrected chi connectivity index (χ0v) is 13.3. The second-order valence-electron chi connectivity index (χ2n) is 4.38. The van der Waals surface area contributed by atoms with E-state index in [2.05, 4.69) is 21.2 Å². The Labute approximate surface area is 134 Å². The number of thioether (sulfide) groups is 1. The molecule has 1 unspecified atom stereocenters. The third kappa shape index (κ3) is 3.76. The minimum absolute atomic E-state index is 0.218. The number of amides is 2. The van der Waals surface area contributed by atoms with E-state index in [9.17, 15) is 14.4 Å². The lowest BCUT2D eigenvalue weighted by molar-refractivity contribution is -0.147. The minimum Gasteiger partial charge on any atom is -0.480 e. The Kier molecular flexibility index (Phi) is 5.24. The lowest BCUT2D eigenvalue weighted by Crippen LogP contribution is -2.46. The molecule has 1 atom stereocenters. The van der Waals surface area contributed by atoms with Crippen molar-refractivity contribution in [2.45, 2.75) is 6.04 Å². The highest BCUT2D eigenvalue weighted by molar-refractivity contribution is 9.10. The van der Waals surface area contributed by atoms with Crippen LogP contribution >= 0.6 is 27.7 Å². The van der Waals surface area contributed by atoms with Crippen molar-refractivity contribution in [3.8, 4) is 0 Å². The number of hydrogen-bond donors (Lipinski definition) is 2. The van der Waals surface area contributed by atoms with Crippen molar-refractivity contribution >= 4 is 45.5 Å². The number of hydrogen-bond acceptors (Lipinski definition) is 4. The van der Waals surface area contributed by atoms with Gasteiger partial charge >= 0.3 is 5.97 Å². The molecule has 112 valence electrons. The average molecular weight is 373 g/mol. The van der Waals surface area contributed by atoms with Crippen LogP contribution in [-0.4, -0.2) is 52.0 Å². The summed E-state index contributed by atoms with van der Waals surface area (Å²) in [6.45, 7) is -0.218. The molecule has 1 aliphatic rings. The zero-order chi connectivity index (χ0) is 15.4. The summed E-state index contributed by atoms with van der Waals surface area (Å²) >= 11 is 4.65. The summed E-state index contributed by atoms with van der Waals surface area (Å²) in [5.41, 5.74) is 0.427. The number of halogens is 1. The van der Waals surface area contributed by atoms with E-state index in [1.165, 1.54) is 16.7 Å². The highest BCUT2D eigenvalue weighted by Crippen LogP contribution is 2.21. The molecule has 0 radical (unpaired) electrons. The fourth-order valence-corrected chi connectivity index (χ4v) is 3.53. The Morgan fingerprint density at radius 1 is 1.38 bits per heavy atom. The van der Waals surface area contributed by atoms with E-state index in [4.69, 9.17) is 5.11 Å². The van der Waals surface area contributed by atoms with E-state index >= 15 is 0 Å². The number of carboxylic acid groups (broad SMARTS) is 1. The Bertz CT molecular complexity index is 581. The lowest BCUT2D eigenvalue weighted by atomic mass is 10.2. The van der Waals surface area contributed by atoms with Gasteiger partial charge in [0.05, 0.1) is 18.0 Å². The van der Waals surface area contributed by atoms with Gasteiger partial charge in [-0.05, 0) is 28.1 Å². The van der Waals surface area contributed by atoms with E-state index in [0.29, 0.717) is 21.7 Å². The summed E-state index contributed by atoms with van der Waals surface area (Å²) in [5.74, 6) is -1.09. The van der Waals surface area contributed by atoms with Gasteiger partial charge in [-0.1, -0.05) is 12.1 Å². The maximum absolute atomic E-state index is 12.0. The monoisotopic (exact) mass is 372 g/mol. The van der Waals surface area contributed by atoms with Crippen molar-refractivity contribution in [1.82, 2.24) is 10.2 Å². The molecule has 0 saturated carbocycles. The molecule has 0 aromatic heterocycles. The van der Waals surface area contributed by atoms with Crippen molar-refractivity contribution in [1.29, 1.82) is 0 Å². The van der Waals surface area contributed by atoms with Crippen molar-refractivity contribution in [2.75, 3.05) is 18.2 Å². The summed E-state index contributed by atoms with van der Waals surface area (Å²) in [6.07, 6.45) is 0. The number of carbonyl (C=O) groups is 3. The number of benzene rings is 1. The molecule has 6 nitrogen and oxygen atoms in total. The van der Waals surface area contributed by atoms with E-state index in [1.54, 1.807) is 24.3 Å². The Balaban J connectivity index is 1.94. The molecule has 1 saturated heterocycles. The van der Waals surface area contributed by atoms with Gasteiger partial charge in [0.1, 0.15) is 6.04 Å². The normalized spacial score (nSPS) is 17.6. The van der Waals surface area contributed by atoms with Crippen molar-refractivity contribution < 1.29 is 19.5 Å². The maximum atomic E-state index is 12.0. The van der Waals surface area contributed by atoms with E-state index < -0.39 is 17.9 Å². The Hall–Kier alpha value is -1.54. The van der Waals surface area contributed by atoms with Gasteiger partial charge in [0.15, 0.2) is 0 Å². The van der Waals surface area contributed by atoms with Crippen LogP contribution in [0.5, 0.6) is 0 Å². The van der Waals surface area contributed by atoms with Gasteiger partial charge in [-0.15, -0.1) is 11.8 Å². The molecule has 2 amide bonds. The van der Waals surface area contributed by atoms with E-state index in [0.717, 1.165) is 0 Å². The first-order valence-electron chi connectivity index (χ1n) is 6.13. The number of carboxylic acids is 1. The molecule has 1 heterocycles. The quantitative estimate of drug-likeness (QED) is 0.828. The highest BCUT2D eigenvalue weighted by Gasteiger charge is 2.34. The molecular formula is C13H13BrN2O4S. The fourth-order valence-electron chi connectivity index (χ4n) is 1.89. The third-order valence-electron chi connectivity index (χ3n) is 3.01. The van der Waals surface area contributed by atoms with Crippen LogP contribution in [0.25, 0.3) is 0 Å². The first kappa shape index (κ1) is 15.8. The molecule has 2 rings (SSSR count). The van der Waals surface area contributed by atoms with E-state index in [-0.39, 0.29) is 12.5 Å². The van der Waals surface area contributed by atoms with Crippen molar-refractivity contribution in [2.24, 2.45) is 0 Å². The lowest BCUT2D eigenvalue weighted by Gasteiger charge is -2.20. The van der Waals surface area contributed by atoms with Gasteiger partial charge in [0.25, 0.3) is 5.91 Å². The summed E-state index contributed by atoms with van der Waals surface area (Å²) in [5, 5.41) is 11.5. The van der Waals surface area contributed by atoms with Crippen LogP contribution in [0, 0.1) is 0 Å². The average Bonchev–Trinajstić information content (AvgIpc) is 2.94. The smallest absolute Gasteiger partial charge is 0.327 e. The van der Waals surface area contributed by atoms with Crippen LogP contribution in [0.2, 0.25) is 0 Å². The van der Waals surface area contributed by atoms with Gasteiger partial charge in [-0.2, -0.15) is 0 Å². The van der Waals surface area contributed by atoms with Gasteiger partial charge in [-0.3, -0.25) is 9.59 Å². The van der Waals surface area contributed by atoms with Crippen LogP contribution in [-0.2, 0) is 9.59 Å². The van der Waals surface area contributed by atoms with Gasteiger partial charge in [-0.25, -0.2) is 4.79 Å². The number of rotatable bonds is 4. The standard InChI is InChI=1S/C13H13BrN2O4S/c14-9-4-2-1-3-8(9)12(18)15-5-11(17)16-7-21-6-10(16)13(19)20/h1-4,10H,5-7H2,(H,15,18)(H,19,20). The first-order chi connectivity index (χ1) is 10.0.